The van der Waals surface area contributed by atoms with Gasteiger partial charge in [-0.15, -0.1) is 5.10 Å². The van der Waals surface area contributed by atoms with Gasteiger partial charge in [-0.05, 0) is 53.3 Å². The highest BCUT2D eigenvalue weighted by Crippen LogP contribution is 2.45. The summed E-state index contributed by atoms with van der Waals surface area (Å²) in [6, 6.07) is 5.51. The van der Waals surface area contributed by atoms with Crippen molar-refractivity contribution in [1.82, 2.24) is 20.2 Å². The molecule has 2 N–H and O–H groups in total. The average molecular weight is 292 g/mol. The van der Waals surface area contributed by atoms with E-state index in [2.05, 4.69) is 22.4 Å². The second-order valence-corrected chi connectivity index (χ2v) is 6.01. The van der Waals surface area contributed by atoms with Crippen molar-refractivity contribution in [2.24, 2.45) is 5.41 Å². The van der Waals surface area contributed by atoms with Crippen molar-refractivity contribution >= 4 is 17.3 Å². The first-order chi connectivity index (χ1) is 9.63. The highest BCUT2D eigenvalue weighted by Gasteiger charge is 2.36. The Morgan fingerprint density at radius 3 is 2.80 bits per heavy atom. The van der Waals surface area contributed by atoms with Crippen molar-refractivity contribution in [3.63, 3.8) is 0 Å². The molecule has 0 atom stereocenters. The van der Waals surface area contributed by atoms with E-state index < -0.39 is 0 Å². The molecule has 1 aromatic carbocycles. The van der Waals surface area contributed by atoms with Crippen LogP contribution in [0.3, 0.4) is 0 Å². The number of hydrogen-bond acceptors (Lipinski definition) is 4. The van der Waals surface area contributed by atoms with Gasteiger partial charge >= 0.3 is 0 Å². The van der Waals surface area contributed by atoms with Crippen molar-refractivity contribution in [1.29, 1.82) is 0 Å². The minimum atomic E-state index is 0.363. The van der Waals surface area contributed by atoms with Gasteiger partial charge in [-0.3, -0.25) is 0 Å². The number of aromatic nitrogens is 4. The molecule has 2 aromatic rings. The van der Waals surface area contributed by atoms with E-state index in [-0.39, 0.29) is 0 Å². The highest BCUT2D eigenvalue weighted by molar-refractivity contribution is 6.33. The van der Waals surface area contributed by atoms with Crippen molar-refractivity contribution in [3.05, 3.63) is 23.2 Å². The number of rotatable bonds is 4. The van der Waals surface area contributed by atoms with Crippen LogP contribution >= 0.6 is 11.6 Å². The van der Waals surface area contributed by atoms with Crippen molar-refractivity contribution in [3.8, 4) is 11.4 Å². The fraction of sp³-hybridized carbons (Fsp3) is 0.500. The average Bonchev–Trinajstić information content (AvgIpc) is 2.85. The van der Waals surface area contributed by atoms with Crippen LogP contribution in [0, 0.1) is 5.41 Å². The maximum atomic E-state index is 6.08. The first kappa shape index (κ1) is 13.4. The van der Waals surface area contributed by atoms with E-state index in [1.54, 1.807) is 6.07 Å². The van der Waals surface area contributed by atoms with E-state index in [9.17, 15) is 0 Å². The van der Waals surface area contributed by atoms with Crippen LogP contribution in [0.25, 0.3) is 11.4 Å². The van der Waals surface area contributed by atoms with E-state index in [0.717, 1.165) is 24.4 Å². The van der Waals surface area contributed by atoms with Crippen LogP contribution in [0.5, 0.6) is 0 Å². The Morgan fingerprint density at radius 2 is 2.20 bits per heavy atom. The lowest BCUT2D eigenvalue weighted by molar-refractivity contribution is 0.0948. The third kappa shape index (κ3) is 2.26. The van der Waals surface area contributed by atoms with Crippen LogP contribution in [-0.2, 0) is 6.54 Å². The summed E-state index contributed by atoms with van der Waals surface area (Å²) in [6.45, 7) is 3.11. The molecule has 0 spiro atoms. The van der Waals surface area contributed by atoms with Crippen LogP contribution in [0.15, 0.2) is 18.2 Å². The molecule has 6 heteroatoms. The Hall–Kier alpha value is -1.62. The van der Waals surface area contributed by atoms with Crippen LogP contribution in [0.1, 0.15) is 32.6 Å². The lowest BCUT2D eigenvalue weighted by Gasteiger charge is -2.41. The molecule has 1 aromatic heterocycles. The van der Waals surface area contributed by atoms with Crippen LogP contribution in [0.4, 0.5) is 5.69 Å². The highest BCUT2D eigenvalue weighted by atomic mass is 35.5. The molecule has 5 nitrogen and oxygen atoms in total. The Bertz CT molecular complexity index is 612. The molecule has 1 aliphatic rings. The fourth-order valence-electron chi connectivity index (χ4n) is 2.80. The molecule has 1 aliphatic carbocycles. The molecule has 20 heavy (non-hydrogen) atoms. The minimum absolute atomic E-state index is 0.363. The number of benzene rings is 1. The zero-order valence-electron chi connectivity index (χ0n) is 11.5. The lowest BCUT2D eigenvalue weighted by Crippen LogP contribution is -2.34. The fourth-order valence-corrected chi connectivity index (χ4v) is 2.98. The SMILES string of the molecule is CCC1(Cn2nnnc2-c2ccc(N)c(Cl)c2)CCC1. The number of anilines is 1. The monoisotopic (exact) mass is 291 g/mol. The van der Waals surface area contributed by atoms with E-state index in [1.165, 1.54) is 19.3 Å². The van der Waals surface area contributed by atoms with Crippen LogP contribution < -0.4 is 5.73 Å². The molecular weight excluding hydrogens is 274 g/mol. The summed E-state index contributed by atoms with van der Waals surface area (Å²) >= 11 is 6.08. The van der Waals surface area contributed by atoms with E-state index >= 15 is 0 Å². The van der Waals surface area contributed by atoms with Gasteiger partial charge in [0, 0.05) is 5.56 Å². The van der Waals surface area contributed by atoms with Crippen molar-refractivity contribution in [2.75, 3.05) is 5.73 Å². The largest absolute Gasteiger partial charge is 0.398 e. The Labute approximate surface area is 123 Å². The Morgan fingerprint density at radius 1 is 1.40 bits per heavy atom. The Kier molecular flexibility index (Phi) is 3.38. The maximum Gasteiger partial charge on any atom is 0.182 e. The number of nitrogens with two attached hydrogens (primary N) is 1. The molecule has 0 saturated heterocycles. The normalized spacial score (nSPS) is 16.9. The van der Waals surface area contributed by atoms with Crippen LogP contribution in [0.2, 0.25) is 5.02 Å². The predicted molar refractivity (Wildman–Crippen MR) is 79.3 cm³/mol. The number of nitrogen functional groups attached to an aromatic ring is 1. The predicted octanol–water partition coefficient (Wildman–Crippen LogP) is 3.16. The summed E-state index contributed by atoms with van der Waals surface area (Å²) in [5, 5.41) is 12.6. The minimum Gasteiger partial charge on any atom is -0.398 e. The van der Waals surface area contributed by atoms with Gasteiger partial charge in [0.05, 0.1) is 17.3 Å². The van der Waals surface area contributed by atoms with E-state index in [4.69, 9.17) is 17.3 Å². The number of hydrogen-bond donors (Lipinski definition) is 1. The van der Waals surface area contributed by atoms with Crippen molar-refractivity contribution in [2.45, 2.75) is 39.2 Å². The first-order valence-corrected chi connectivity index (χ1v) is 7.33. The van der Waals surface area contributed by atoms with Gasteiger partial charge in [-0.2, -0.15) is 0 Å². The summed E-state index contributed by atoms with van der Waals surface area (Å²) in [5.74, 6) is 0.756. The van der Waals surface area contributed by atoms with E-state index in [0.29, 0.717) is 16.1 Å². The van der Waals surface area contributed by atoms with Crippen molar-refractivity contribution < 1.29 is 0 Å². The van der Waals surface area contributed by atoms with Gasteiger partial charge in [0.25, 0.3) is 0 Å². The molecule has 0 bridgehead atoms. The smallest absolute Gasteiger partial charge is 0.182 e. The molecule has 1 fully saturated rings. The number of tetrazole rings is 1. The zero-order chi connectivity index (χ0) is 14.2. The second-order valence-electron chi connectivity index (χ2n) is 5.60. The first-order valence-electron chi connectivity index (χ1n) is 6.95. The molecule has 1 saturated carbocycles. The summed E-state index contributed by atoms with van der Waals surface area (Å²) in [5.41, 5.74) is 7.58. The standard InChI is InChI=1S/C14H18ClN5/c1-2-14(6-3-7-14)9-20-13(17-18-19-20)10-4-5-12(16)11(15)8-10/h4-5,8H,2-3,6-7,9,16H2,1H3. The molecule has 0 unspecified atom stereocenters. The number of halogens is 1. The molecular formula is C14H18ClN5. The van der Waals surface area contributed by atoms with Gasteiger partial charge < -0.3 is 5.73 Å². The molecule has 3 rings (SSSR count). The molecule has 0 amide bonds. The Balaban J connectivity index is 1.91. The maximum absolute atomic E-state index is 6.08. The summed E-state index contributed by atoms with van der Waals surface area (Å²) in [6.07, 6.45) is 4.98. The second kappa shape index (κ2) is 5.05. The van der Waals surface area contributed by atoms with E-state index in [1.807, 2.05) is 16.8 Å². The summed E-state index contributed by atoms with van der Waals surface area (Å²) in [4.78, 5) is 0. The topological polar surface area (TPSA) is 69.6 Å². The molecule has 1 heterocycles. The lowest BCUT2D eigenvalue weighted by atomic mass is 9.67. The van der Waals surface area contributed by atoms with Gasteiger partial charge in [0.1, 0.15) is 0 Å². The van der Waals surface area contributed by atoms with Gasteiger partial charge in [-0.1, -0.05) is 24.9 Å². The van der Waals surface area contributed by atoms with Gasteiger partial charge in [0.15, 0.2) is 5.82 Å². The third-order valence-electron chi connectivity index (χ3n) is 4.44. The quantitative estimate of drug-likeness (QED) is 0.879. The third-order valence-corrected chi connectivity index (χ3v) is 4.77. The van der Waals surface area contributed by atoms with Gasteiger partial charge in [0.2, 0.25) is 0 Å². The number of nitrogens with zero attached hydrogens (tertiary/aromatic N) is 4. The molecule has 106 valence electrons. The molecule has 0 radical (unpaired) electrons. The molecule has 0 aliphatic heterocycles. The summed E-state index contributed by atoms with van der Waals surface area (Å²) in [7, 11) is 0. The van der Waals surface area contributed by atoms with Gasteiger partial charge in [-0.25, -0.2) is 4.68 Å². The zero-order valence-corrected chi connectivity index (χ0v) is 12.3. The summed E-state index contributed by atoms with van der Waals surface area (Å²) < 4.78 is 1.89. The van der Waals surface area contributed by atoms with Crippen LogP contribution in [-0.4, -0.2) is 20.2 Å².